The maximum Gasteiger partial charge on any atom is 0.253 e. The molecule has 1 amide bonds. The van der Waals surface area contributed by atoms with E-state index in [0.29, 0.717) is 18.0 Å². The van der Waals surface area contributed by atoms with Crippen molar-refractivity contribution in [2.24, 2.45) is 5.92 Å². The molecule has 116 valence electrons. The first kappa shape index (κ1) is 16.0. The lowest BCUT2D eigenvalue weighted by Crippen LogP contribution is -2.39. The molecule has 0 bridgehead atoms. The van der Waals surface area contributed by atoms with Gasteiger partial charge in [-0.05, 0) is 50.0 Å². The van der Waals surface area contributed by atoms with Gasteiger partial charge in [-0.3, -0.25) is 4.79 Å². The topological polar surface area (TPSA) is 66.5 Å². The van der Waals surface area contributed by atoms with Crippen molar-refractivity contribution in [3.8, 4) is 0 Å². The Morgan fingerprint density at radius 1 is 1.43 bits per heavy atom. The molecule has 0 aliphatic carbocycles. The molecule has 1 aliphatic rings. The van der Waals surface area contributed by atoms with Crippen LogP contribution in [0, 0.1) is 5.92 Å². The number of nitrogens with one attached hydrogen (secondary N) is 1. The Hall–Kier alpha value is -1.40. The first-order chi connectivity index (χ1) is 9.88. The number of hydrogen-bond donors (Lipinski definition) is 1. The van der Waals surface area contributed by atoms with Crippen molar-refractivity contribution in [3.05, 3.63) is 29.8 Å². The average Bonchev–Trinajstić information content (AvgIpc) is 2.46. The summed E-state index contributed by atoms with van der Waals surface area (Å²) in [6.07, 6.45) is 3.40. The molecule has 1 aromatic carbocycles. The van der Waals surface area contributed by atoms with Gasteiger partial charge in [0.05, 0.1) is 4.90 Å². The second kappa shape index (κ2) is 6.58. The van der Waals surface area contributed by atoms with E-state index in [4.69, 9.17) is 0 Å². The van der Waals surface area contributed by atoms with Crippen LogP contribution in [0.25, 0.3) is 0 Å². The molecule has 1 N–H and O–H groups in total. The third kappa shape index (κ3) is 4.28. The van der Waals surface area contributed by atoms with Gasteiger partial charge in [-0.25, -0.2) is 8.42 Å². The molecule has 21 heavy (non-hydrogen) atoms. The SMILES string of the molecule is CN(CC1CCCNC1)C(=O)c1cccc(S(C)(=O)=O)c1. The number of nitrogens with zero attached hydrogens (tertiary/aromatic N) is 1. The van der Waals surface area contributed by atoms with E-state index in [0.717, 1.165) is 32.2 Å². The van der Waals surface area contributed by atoms with Crippen molar-refractivity contribution in [1.82, 2.24) is 10.2 Å². The fraction of sp³-hybridized carbons (Fsp3) is 0.533. The Morgan fingerprint density at radius 3 is 2.81 bits per heavy atom. The molecule has 6 heteroatoms. The fourth-order valence-corrected chi connectivity index (χ4v) is 3.30. The molecule has 2 rings (SSSR count). The van der Waals surface area contributed by atoms with E-state index in [9.17, 15) is 13.2 Å². The van der Waals surface area contributed by atoms with Gasteiger partial charge >= 0.3 is 0 Å². The number of carbonyl (C=O) groups is 1. The lowest BCUT2D eigenvalue weighted by Gasteiger charge is -2.27. The monoisotopic (exact) mass is 310 g/mol. The van der Waals surface area contributed by atoms with Gasteiger partial charge in [0.1, 0.15) is 0 Å². The van der Waals surface area contributed by atoms with Crippen LogP contribution in [0.5, 0.6) is 0 Å². The van der Waals surface area contributed by atoms with E-state index in [-0.39, 0.29) is 10.8 Å². The van der Waals surface area contributed by atoms with Crippen LogP contribution >= 0.6 is 0 Å². The molecule has 1 heterocycles. The summed E-state index contributed by atoms with van der Waals surface area (Å²) in [6, 6.07) is 6.23. The normalized spacial score (nSPS) is 19.2. The Labute approximate surface area is 126 Å². The summed E-state index contributed by atoms with van der Waals surface area (Å²) < 4.78 is 23.1. The molecule has 1 aliphatic heterocycles. The van der Waals surface area contributed by atoms with Crippen LogP contribution in [-0.4, -0.2) is 52.2 Å². The molecule has 1 unspecified atom stereocenters. The number of sulfone groups is 1. The van der Waals surface area contributed by atoms with Gasteiger partial charge in [-0.15, -0.1) is 0 Å². The quantitative estimate of drug-likeness (QED) is 0.906. The largest absolute Gasteiger partial charge is 0.341 e. The minimum atomic E-state index is -3.29. The average molecular weight is 310 g/mol. The van der Waals surface area contributed by atoms with Crippen molar-refractivity contribution >= 4 is 15.7 Å². The van der Waals surface area contributed by atoms with Gasteiger partial charge in [0.15, 0.2) is 9.84 Å². The molecule has 0 spiro atoms. The molecule has 1 aromatic rings. The predicted octanol–water partition coefficient (Wildman–Crippen LogP) is 1.16. The number of carbonyl (C=O) groups excluding carboxylic acids is 1. The third-order valence-corrected chi connectivity index (χ3v) is 4.90. The zero-order chi connectivity index (χ0) is 15.5. The molecule has 5 nitrogen and oxygen atoms in total. The van der Waals surface area contributed by atoms with Crippen LogP contribution < -0.4 is 5.32 Å². The van der Waals surface area contributed by atoms with Gasteiger partial charge in [0.2, 0.25) is 0 Å². The maximum atomic E-state index is 12.4. The van der Waals surface area contributed by atoms with Crippen molar-refractivity contribution in [2.75, 3.05) is 32.9 Å². The maximum absolute atomic E-state index is 12.4. The smallest absolute Gasteiger partial charge is 0.253 e. The molecular weight excluding hydrogens is 288 g/mol. The van der Waals surface area contributed by atoms with Gasteiger partial charge in [0.25, 0.3) is 5.91 Å². The second-order valence-corrected chi connectivity index (χ2v) is 7.71. The lowest BCUT2D eigenvalue weighted by atomic mass is 9.99. The van der Waals surface area contributed by atoms with Crippen molar-refractivity contribution in [3.63, 3.8) is 0 Å². The fourth-order valence-electron chi connectivity index (χ4n) is 2.63. The molecule has 1 saturated heterocycles. The Morgan fingerprint density at radius 2 is 2.19 bits per heavy atom. The number of rotatable bonds is 4. The molecule has 0 aromatic heterocycles. The number of piperidine rings is 1. The summed E-state index contributed by atoms with van der Waals surface area (Å²) in [6.45, 7) is 2.67. The Bertz CT molecular complexity index is 607. The van der Waals surface area contributed by atoms with Crippen molar-refractivity contribution in [1.29, 1.82) is 0 Å². The third-order valence-electron chi connectivity index (χ3n) is 3.79. The van der Waals surface area contributed by atoms with Crippen molar-refractivity contribution < 1.29 is 13.2 Å². The molecular formula is C15H22N2O3S. The zero-order valence-electron chi connectivity index (χ0n) is 12.5. The Kier molecular flexibility index (Phi) is 5.00. The summed E-state index contributed by atoms with van der Waals surface area (Å²) in [4.78, 5) is 14.3. The number of amides is 1. The van der Waals surface area contributed by atoms with Crippen LogP contribution in [0.1, 0.15) is 23.2 Å². The summed E-state index contributed by atoms with van der Waals surface area (Å²) in [7, 11) is -1.52. The van der Waals surface area contributed by atoms with Gasteiger partial charge in [-0.2, -0.15) is 0 Å². The highest BCUT2D eigenvalue weighted by molar-refractivity contribution is 7.90. The van der Waals surface area contributed by atoms with Crippen LogP contribution in [0.3, 0.4) is 0 Å². The Balaban J connectivity index is 2.08. The minimum Gasteiger partial charge on any atom is -0.341 e. The first-order valence-electron chi connectivity index (χ1n) is 7.14. The molecule has 1 atom stereocenters. The predicted molar refractivity (Wildman–Crippen MR) is 82.1 cm³/mol. The standard InChI is InChI=1S/C15H22N2O3S/c1-17(11-12-5-4-8-16-10-12)15(18)13-6-3-7-14(9-13)21(2,19)20/h3,6-7,9,12,16H,4-5,8,10-11H2,1-2H3. The van der Waals surface area contributed by atoms with Crippen molar-refractivity contribution in [2.45, 2.75) is 17.7 Å². The van der Waals surface area contributed by atoms with E-state index >= 15 is 0 Å². The summed E-state index contributed by atoms with van der Waals surface area (Å²) >= 11 is 0. The molecule has 1 fully saturated rings. The second-order valence-electron chi connectivity index (χ2n) is 5.70. The van der Waals surface area contributed by atoms with E-state index in [1.54, 1.807) is 24.1 Å². The van der Waals surface area contributed by atoms with Gasteiger partial charge < -0.3 is 10.2 Å². The summed E-state index contributed by atoms with van der Waals surface area (Å²) in [5, 5.41) is 3.33. The van der Waals surface area contributed by atoms with Crippen LogP contribution in [0.2, 0.25) is 0 Å². The van der Waals surface area contributed by atoms with Gasteiger partial charge in [0, 0.05) is 25.4 Å². The zero-order valence-corrected chi connectivity index (χ0v) is 13.3. The highest BCUT2D eigenvalue weighted by Gasteiger charge is 2.20. The lowest BCUT2D eigenvalue weighted by molar-refractivity contribution is 0.0764. The molecule has 0 saturated carbocycles. The van der Waals surface area contributed by atoms with E-state index in [1.165, 1.54) is 12.1 Å². The van der Waals surface area contributed by atoms with Gasteiger partial charge in [-0.1, -0.05) is 6.07 Å². The number of hydrogen-bond acceptors (Lipinski definition) is 4. The van der Waals surface area contributed by atoms with E-state index in [1.807, 2.05) is 0 Å². The molecule has 0 radical (unpaired) electrons. The van der Waals surface area contributed by atoms with E-state index < -0.39 is 9.84 Å². The summed E-state index contributed by atoms with van der Waals surface area (Å²) in [5.41, 5.74) is 0.421. The highest BCUT2D eigenvalue weighted by Crippen LogP contribution is 2.15. The minimum absolute atomic E-state index is 0.133. The van der Waals surface area contributed by atoms with Crippen LogP contribution in [-0.2, 0) is 9.84 Å². The summed E-state index contributed by atoms with van der Waals surface area (Å²) in [5.74, 6) is 0.330. The van der Waals surface area contributed by atoms with Crippen LogP contribution in [0.4, 0.5) is 0 Å². The first-order valence-corrected chi connectivity index (χ1v) is 9.03. The van der Waals surface area contributed by atoms with Crippen LogP contribution in [0.15, 0.2) is 29.2 Å². The van der Waals surface area contributed by atoms with E-state index in [2.05, 4.69) is 5.32 Å². The highest BCUT2D eigenvalue weighted by atomic mass is 32.2. The number of benzene rings is 1.